The van der Waals surface area contributed by atoms with Gasteiger partial charge in [0.1, 0.15) is 5.75 Å². The molecule has 0 saturated carbocycles. The van der Waals surface area contributed by atoms with E-state index in [4.69, 9.17) is 9.72 Å². The Morgan fingerprint density at radius 3 is 2.72 bits per heavy atom. The Hall–Kier alpha value is -1.95. The van der Waals surface area contributed by atoms with Crippen molar-refractivity contribution in [3.63, 3.8) is 0 Å². The largest absolute Gasteiger partial charge is 0.496 e. The van der Waals surface area contributed by atoms with Crippen LogP contribution in [0.3, 0.4) is 0 Å². The molecular formula is C24H31N3OS. The van der Waals surface area contributed by atoms with E-state index in [1.807, 2.05) is 0 Å². The predicted molar refractivity (Wildman–Crippen MR) is 122 cm³/mol. The number of nitrogens with zero attached hydrogens (tertiary/aromatic N) is 1. The Morgan fingerprint density at radius 2 is 2.00 bits per heavy atom. The minimum atomic E-state index is 0.0615. The maximum Gasteiger partial charge on any atom is 0.124 e. The van der Waals surface area contributed by atoms with Crippen molar-refractivity contribution in [2.24, 2.45) is 0 Å². The second-order valence-corrected chi connectivity index (χ2v) is 9.90. The van der Waals surface area contributed by atoms with E-state index in [1.165, 1.54) is 33.7 Å². The van der Waals surface area contributed by atoms with Gasteiger partial charge >= 0.3 is 0 Å². The van der Waals surface area contributed by atoms with Crippen LogP contribution < -0.4 is 15.4 Å². The molecule has 1 aromatic heterocycles. The number of methoxy groups -OCH3 is 1. The van der Waals surface area contributed by atoms with Gasteiger partial charge in [0.25, 0.3) is 0 Å². The van der Waals surface area contributed by atoms with Gasteiger partial charge in [-0.05, 0) is 37.1 Å². The molecule has 0 radical (unpaired) electrons. The summed E-state index contributed by atoms with van der Waals surface area (Å²) >= 11 is 1.76. The van der Waals surface area contributed by atoms with E-state index in [0.717, 1.165) is 24.4 Å². The average molecular weight is 410 g/mol. The zero-order valence-corrected chi connectivity index (χ0v) is 18.6. The van der Waals surface area contributed by atoms with Crippen LogP contribution in [0.25, 0.3) is 10.2 Å². The molecule has 0 spiro atoms. The van der Waals surface area contributed by atoms with Crippen molar-refractivity contribution in [3.8, 4) is 5.75 Å². The number of ether oxygens (including phenoxy) is 1. The van der Waals surface area contributed by atoms with Gasteiger partial charge in [-0.3, -0.25) is 0 Å². The molecule has 1 fully saturated rings. The number of hydrogen-bond donors (Lipinski definition) is 2. The third kappa shape index (κ3) is 4.47. The normalized spacial score (nSPS) is 20.1. The predicted octanol–water partition coefficient (Wildman–Crippen LogP) is 5.19. The second-order valence-electron chi connectivity index (χ2n) is 8.87. The Kier molecular flexibility index (Phi) is 5.91. The summed E-state index contributed by atoms with van der Waals surface area (Å²) in [5, 5.41) is 8.66. The second kappa shape index (κ2) is 8.42. The number of aromatic nitrogens is 1. The lowest BCUT2D eigenvalue weighted by Crippen LogP contribution is -2.45. The summed E-state index contributed by atoms with van der Waals surface area (Å²) in [6.07, 6.45) is 2.36. The van der Waals surface area contributed by atoms with Crippen molar-refractivity contribution in [1.29, 1.82) is 0 Å². The van der Waals surface area contributed by atoms with Crippen molar-refractivity contribution < 1.29 is 4.74 Å². The van der Waals surface area contributed by atoms with Gasteiger partial charge in [-0.15, -0.1) is 11.3 Å². The zero-order chi connectivity index (χ0) is 20.4. The zero-order valence-electron chi connectivity index (χ0n) is 17.8. The standard InChI is InChI=1S/C24H31N3OS/c1-24(2,3)23-27-19-13-17(20(28-4)14-21(19)29-23)15-26-18-11-8-12-25-22(18)16-9-6-5-7-10-16/h5-7,9-10,13-14,18,22,25-26H,8,11-12,15H2,1-4H3/t18-,22-/m0/s1. The van der Waals surface area contributed by atoms with Gasteiger partial charge < -0.3 is 15.4 Å². The molecule has 1 aliphatic rings. The molecular weight excluding hydrogens is 378 g/mol. The summed E-state index contributed by atoms with van der Waals surface area (Å²) < 4.78 is 6.91. The first-order chi connectivity index (χ1) is 14.0. The minimum Gasteiger partial charge on any atom is -0.496 e. The molecule has 29 heavy (non-hydrogen) atoms. The fraction of sp³-hybridized carbons (Fsp3) is 0.458. The maximum absolute atomic E-state index is 5.72. The van der Waals surface area contributed by atoms with Crippen molar-refractivity contribution in [2.75, 3.05) is 13.7 Å². The summed E-state index contributed by atoms with van der Waals surface area (Å²) in [7, 11) is 1.76. The summed E-state index contributed by atoms with van der Waals surface area (Å²) in [5.41, 5.74) is 3.65. The van der Waals surface area contributed by atoms with E-state index < -0.39 is 0 Å². The van der Waals surface area contributed by atoms with E-state index in [2.05, 4.69) is 73.9 Å². The van der Waals surface area contributed by atoms with E-state index >= 15 is 0 Å². The first-order valence-electron chi connectivity index (χ1n) is 10.5. The molecule has 2 atom stereocenters. The number of piperidine rings is 1. The Morgan fingerprint density at radius 1 is 1.21 bits per heavy atom. The van der Waals surface area contributed by atoms with Crippen molar-refractivity contribution >= 4 is 21.6 Å². The first-order valence-corrected chi connectivity index (χ1v) is 11.3. The quantitative estimate of drug-likeness (QED) is 0.609. The maximum atomic E-state index is 5.72. The molecule has 1 saturated heterocycles. The van der Waals surface area contributed by atoms with Crippen molar-refractivity contribution in [3.05, 3.63) is 58.6 Å². The monoisotopic (exact) mass is 409 g/mol. The van der Waals surface area contributed by atoms with Crippen LogP contribution in [0.1, 0.15) is 55.8 Å². The van der Waals surface area contributed by atoms with Crippen LogP contribution >= 0.6 is 11.3 Å². The topological polar surface area (TPSA) is 46.2 Å². The van der Waals surface area contributed by atoms with Gasteiger partial charge in [0.05, 0.1) is 22.3 Å². The van der Waals surface area contributed by atoms with Gasteiger partial charge in [-0.25, -0.2) is 4.98 Å². The van der Waals surface area contributed by atoms with Crippen LogP contribution in [-0.2, 0) is 12.0 Å². The van der Waals surface area contributed by atoms with E-state index in [1.54, 1.807) is 18.4 Å². The highest BCUT2D eigenvalue weighted by Gasteiger charge is 2.26. The fourth-order valence-corrected chi connectivity index (χ4v) is 5.04. The third-order valence-electron chi connectivity index (χ3n) is 5.60. The third-order valence-corrected chi connectivity index (χ3v) is 7.05. The molecule has 4 rings (SSSR count). The molecule has 2 aromatic carbocycles. The van der Waals surface area contributed by atoms with E-state index in [9.17, 15) is 0 Å². The molecule has 0 unspecified atom stereocenters. The average Bonchev–Trinajstić information content (AvgIpc) is 3.16. The highest BCUT2D eigenvalue weighted by Crippen LogP contribution is 2.35. The molecule has 3 aromatic rings. The number of fused-ring (bicyclic) bond motifs is 1. The molecule has 2 heterocycles. The lowest BCUT2D eigenvalue weighted by Gasteiger charge is -2.34. The Balaban J connectivity index is 1.56. The van der Waals surface area contributed by atoms with Gasteiger partial charge in [0.15, 0.2) is 0 Å². The van der Waals surface area contributed by atoms with Crippen LogP contribution in [0.4, 0.5) is 0 Å². The van der Waals surface area contributed by atoms with Gasteiger partial charge in [0, 0.05) is 29.6 Å². The molecule has 0 amide bonds. The molecule has 4 nitrogen and oxygen atoms in total. The van der Waals surface area contributed by atoms with Crippen LogP contribution in [0, 0.1) is 0 Å². The van der Waals surface area contributed by atoms with Crippen LogP contribution in [0.2, 0.25) is 0 Å². The number of rotatable bonds is 5. The van der Waals surface area contributed by atoms with Gasteiger partial charge in [0.2, 0.25) is 0 Å². The molecule has 0 aliphatic carbocycles. The van der Waals surface area contributed by atoms with E-state index in [0.29, 0.717) is 12.1 Å². The van der Waals surface area contributed by atoms with E-state index in [-0.39, 0.29) is 5.41 Å². The number of thiazole rings is 1. The molecule has 0 bridgehead atoms. The summed E-state index contributed by atoms with van der Waals surface area (Å²) in [4.78, 5) is 4.90. The van der Waals surface area contributed by atoms with Gasteiger partial charge in [-0.2, -0.15) is 0 Å². The summed E-state index contributed by atoms with van der Waals surface area (Å²) in [6.45, 7) is 8.48. The number of nitrogens with one attached hydrogen (secondary N) is 2. The lowest BCUT2D eigenvalue weighted by molar-refractivity contribution is 0.303. The lowest BCUT2D eigenvalue weighted by atomic mass is 9.92. The molecule has 1 aliphatic heterocycles. The minimum absolute atomic E-state index is 0.0615. The fourth-order valence-electron chi connectivity index (χ4n) is 4.01. The smallest absolute Gasteiger partial charge is 0.124 e. The molecule has 2 N–H and O–H groups in total. The highest BCUT2D eigenvalue weighted by molar-refractivity contribution is 7.18. The molecule has 5 heteroatoms. The molecule has 154 valence electrons. The Bertz CT molecular complexity index is 961. The van der Waals surface area contributed by atoms with Crippen LogP contribution in [-0.4, -0.2) is 24.7 Å². The number of hydrogen-bond acceptors (Lipinski definition) is 5. The summed E-state index contributed by atoms with van der Waals surface area (Å²) in [5.74, 6) is 0.939. The Labute approximate surface area is 177 Å². The summed E-state index contributed by atoms with van der Waals surface area (Å²) in [6, 6.07) is 15.8. The van der Waals surface area contributed by atoms with Crippen LogP contribution in [0.5, 0.6) is 5.75 Å². The SMILES string of the molecule is COc1cc2sc(C(C)(C)C)nc2cc1CN[C@H]1CCCN[C@H]1c1ccccc1. The van der Waals surface area contributed by atoms with Gasteiger partial charge in [-0.1, -0.05) is 51.1 Å². The number of benzene rings is 2. The van der Waals surface area contributed by atoms with Crippen LogP contribution in [0.15, 0.2) is 42.5 Å². The van der Waals surface area contributed by atoms with Crippen molar-refractivity contribution in [1.82, 2.24) is 15.6 Å². The highest BCUT2D eigenvalue weighted by atomic mass is 32.1. The van der Waals surface area contributed by atoms with Crippen molar-refractivity contribution in [2.45, 2.75) is 57.7 Å². The first kappa shape index (κ1) is 20.3.